The van der Waals surface area contributed by atoms with Crippen LogP contribution in [0.5, 0.6) is 0 Å². The maximum Gasteiger partial charge on any atom is 0.112 e. The SMILES string of the molecule is CC(C)c1[nH]nc2cncc(Br)c12. The van der Waals surface area contributed by atoms with E-state index in [2.05, 4.69) is 45.0 Å². The summed E-state index contributed by atoms with van der Waals surface area (Å²) in [6.07, 6.45) is 3.56. The van der Waals surface area contributed by atoms with Crippen molar-refractivity contribution in [2.24, 2.45) is 0 Å². The van der Waals surface area contributed by atoms with Crippen molar-refractivity contribution in [3.63, 3.8) is 0 Å². The largest absolute Gasteiger partial charge is 0.281 e. The first-order chi connectivity index (χ1) is 6.20. The molecule has 0 aliphatic heterocycles. The molecule has 2 rings (SSSR count). The van der Waals surface area contributed by atoms with Gasteiger partial charge in [-0.25, -0.2) is 0 Å². The van der Waals surface area contributed by atoms with Gasteiger partial charge in [-0.2, -0.15) is 5.10 Å². The summed E-state index contributed by atoms with van der Waals surface area (Å²) in [5.74, 6) is 0.448. The predicted molar refractivity (Wildman–Crippen MR) is 55.7 cm³/mol. The van der Waals surface area contributed by atoms with Gasteiger partial charge in [0.1, 0.15) is 5.52 Å². The third-order valence-electron chi connectivity index (χ3n) is 2.02. The molecule has 68 valence electrons. The molecule has 0 amide bonds. The van der Waals surface area contributed by atoms with Crippen molar-refractivity contribution >= 4 is 26.8 Å². The number of rotatable bonds is 1. The highest BCUT2D eigenvalue weighted by molar-refractivity contribution is 9.10. The molecule has 1 N–H and O–H groups in total. The van der Waals surface area contributed by atoms with Gasteiger partial charge in [0.15, 0.2) is 0 Å². The molecule has 0 radical (unpaired) electrons. The molecule has 0 unspecified atom stereocenters. The van der Waals surface area contributed by atoms with Gasteiger partial charge in [0.25, 0.3) is 0 Å². The van der Waals surface area contributed by atoms with E-state index in [1.165, 1.54) is 0 Å². The van der Waals surface area contributed by atoms with Gasteiger partial charge in [0, 0.05) is 21.7 Å². The summed E-state index contributed by atoms with van der Waals surface area (Å²) >= 11 is 3.47. The number of fused-ring (bicyclic) bond motifs is 1. The van der Waals surface area contributed by atoms with E-state index in [4.69, 9.17) is 0 Å². The molecule has 2 aromatic heterocycles. The minimum Gasteiger partial charge on any atom is -0.281 e. The highest BCUT2D eigenvalue weighted by Gasteiger charge is 2.11. The molecule has 0 aliphatic rings. The number of aromatic nitrogens is 3. The maximum atomic E-state index is 4.18. The maximum absolute atomic E-state index is 4.18. The van der Waals surface area contributed by atoms with Crippen LogP contribution in [-0.2, 0) is 0 Å². The van der Waals surface area contributed by atoms with E-state index < -0.39 is 0 Å². The van der Waals surface area contributed by atoms with Crippen molar-refractivity contribution in [1.29, 1.82) is 0 Å². The molecule has 0 atom stereocenters. The lowest BCUT2D eigenvalue weighted by molar-refractivity contribution is 0.817. The van der Waals surface area contributed by atoms with E-state index in [9.17, 15) is 0 Å². The Morgan fingerprint density at radius 3 is 2.85 bits per heavy atom. The standard InChI is InChI=1S/C9H10BrN3/c1-5(2)9-8-6(10)3-11-4-7(8)12-13-9/h3-5H,1-2H3,(H,12,13). The monoisotopic (exact) mass is 239 g/mol. The number of nitrogens with one attached hydrogen (secondary N) is 1. The van der Waals surface area contributed by atoms with Crippen LogP contribution in [0.1, 0.15) is 25.5 Å². The topological polar surface area (TPSA) is 41.6 Å². The Balaban J connectivity index is 2.79. The van der Waals surface area contributed by atoms with Crippen LogP contribution in [0, 0.1) is 0 Å². The van der Waals surface area contributed by atoms with Crippen LogP contribution >= 0.6 is 15.9 Å². The lowest BCUT2D eigenvalue weighted by Crippen LogP contribution is -1.88. The van der Waals surface area contributed by atoms with Crippen LogP contribution in [0.25, 0.3) is 10.9 Å². The van der Waals surface area contributed by atoms with Crippen molar-refractivity contribution in [2.45, 2.75) is 19.8 Å². The van der Waals surface area contributed by atoms with Crippen LogP contribution in [-0.4, -0.2) is 15.2 Å². The fourth-order valence-corrected chi connectivity index (χ4v) is 1.91. The lowest BCUT2D eigenvalue weighted by Gasteiger charge is -2.01. The molecule has 0 saturated heterocycles. The summed E-state index contributed by atoms with van der Waals surface area (Å²) in [5, 5.41) is 8.36. The van der Waals surface area contributed by atoms with Crippen LogP contribution in [0.4, 0.5) is 0 Å². The van der Waals surface area contributed by atoms with Crippen LogP contribution in [0.15, 0.2) is 16.9 Å². The molecular weight excluding hydrogens is 230 g/mol. The molecule has 0 spiro atoms. The number of hydrogen-bond donors (Lipinski definition) is 1. The van der Waals surface area contributed by atoms with Crippen LogP contribution in [0.3, 0.4) is 0 Å². The van der Waals surface area contributed by atoms with Crippen molar-refractivity contribution in [3.8, 4) is 0 Å². The van der Waals surface area contributed by atoms with Gasteiger partial charge < -0.3 is 0 Å². The summed E-state index contributed by atoms with van der Waals surface area (Å²) in [4.78, 5) is 4.06. The second-order valence-electron chi connectivity index (χ2n) is 3.31. The van der Waals surface area contributed by atoms with E-state index in [0.717, 1.165) is 21.1 Å². The molecule has 3 nitrogen and oxygen atoms in total. The highest BCUT2D eigenvalue weighted by Crippen LogP contribution is 2.28. The molecule has 2 aromatic rings. The van der Waals surface area contributed by atoms with E-state index in [1.54, 1.807) is 12.4 Å². The van der Waals surface area contributed by atoms with E-state index >= 15 is 0 Å². The number of pyridine rings is 1. The number of aromatic amines is 1. The Labute approximate surface area is 84.7 Å². The van der Waals surface area contributed by atoms with Crippen molar-refractivity contribution in [2.75, 3.05) is 0 Å². The normalized spacial score (nSPS) is 11.4. The Kier molecular flexibility index (Phi) is 2.07. The third kappa shape index (κ3) is 1.35. The zero-order chi connectivity index (χ0) is 9.42. The number of hydrogen-bond acceptors (Lipinski definition) is 2. The van der Waals surface area contributed by atoms with E-state index in [0.29, 0.717) is 5.92 Å². The van der Waals surface area contributed by atoms with Gasteiger partial charge in [0.05, 0.1) is 6.20 Å². The van der Waals surface area contributed by atoms with Gasteiger partial charge in [0.2, 0.25) is 0 Å². The van der Waals surface area contributed by atoms with Crippen molar-refractivity contribution in [1.82, 2.24) is 15.2 Å². The van der Waals surface area contributed by atoms with Gasteiger partial charge in [-0.1, -0.05) is 13.8 Å². The number of nitrogens with zero attached hydrogens (tertiary/aromatic N) is 2. The van der Waals surface area contributed by atoms with Gasteiger partial charge >= 0.3 is 0 Å². The molecule has 2 heterocycles. The number of halogens is 1. The summed E-state index contributed by atoms with van der Waals surface area (Å²) in [6, 6.07) is 0. The average molecular weight is 240 g/mol. The fourth-order valence-electron chi connectivity index (χ4n) is 1.37. The quantitative estimate of drug-likeness (QED) is 0.832. The first-order valence-corrected chi connectivity index (χ1v) is 4.97. The van der Waals surface area contributed by atoms with Gasteiger partial charge in [-0.3, -0.25) is 10.1 Å². The first-order valence-electron chi connectivity index (χ1n) is 4.17. The summed E-state index contributed by atoms with van der Waals surface area (Å²) in [6.45, 7) is 4.28. The molecule has 0 bridgehead atoms. The smallest absolute Gasteiger partial charge is 0.112 e. The van der Waals surface area contributed by atoms with Crippen LogP contribution < -0.4 is 0 Å². The Morgan fingerprint density at radius 2 is 2.15 bits per heavy atom. The Hall–Kier alpha value is -0.900. The minimum atomic E-state index is 0.448. The molecule has 13 heavy (non-hydrogen) atoms. The highest BCUT2D eigenvalue weighted by atomic mass is 79.9. The minimum absolute atomic E-state index is 0.448. The average Bonchev–Trinajstić information content (AvgIpc) is 2.49. The molecule has 0 saturated carbocycles. The first kappa shape index (κ1) is 8.69. The molecule has 0 fully saturated rings. The van der Waals surface area contributed by atoms with E-state index in [-0.39, 0.29) is 0 Å². The van der Waals surface area contributed by atoms with Gasteiger partial charge in [-0.05, 0) is 21.8 Å². The second kappa shape index (κ2) is 3.10. The fraction of sp³-hybridized carbons (Fsp3) is 0.333. The lowest BCUT2D eigenvalue weighted by atomic mass is 10.1. The van der Waals surface area contributed by atoms with Gasteiger partial charge in [-0.15, -0.1) is 0 Å². The van der Waals surface area contributed by atoms with Crippen molar-refractivity contribution in [3.05, 3.63) is 22.6 Å². The predicted octanol–water partition coefficient (Wildman–Crippen LogP) is 2.84. The molecule has 0 aromatic carbocycles. The van der Waals surface area contributed by atoms with Crippen molar-refractivity contribution < 1.29 is 0 Å². The molecule has 0 aliphatic carbocycles. The summed E-state index contributed by atoms with van der Waals surface area (Å²) in [5.41, 5.74) is 2.07. The third-order valence-corrected chi connectivity index (χ3v) is 2.62. The second-order valence-corrected chi connectivity index (χ2v) is 4.16. The zero-order valence-electron chi connectivity index (χ0n) is 7.50. The van der Waals surface area contributed by atoms with Crippen LogP contribution in [0.2, 0.25) is 0 Å². The summed E-state index contributed by atoms with van der Waals surface area (Å²) in [7, 11) is 0. The summed E-state index contributed by atoms with van der Waals surface area (Å²) < 4.78 is 1.00. The van der Waals surface area contributed by atoms with E-state index in [1.807, 2.05) is 0 Å². The Bertz CT molecular complexity index is 433. The molecule has 4 heteroatoms. The Morgan fingerprint density at radius 1 is 1.38 bits per heavy atom. The number of H-pyrrole nitrogens is 1. The zero-order valence-corrected chi connectivity index (χ0v) is 9.09. The molecular formula is C9H10BrN3.